The van der Waals surface area contributed by atoms with Crippen molar-refractivity contribution in [3.8, 4) is 5.75 Å². The lowest BCUT2D eigenvalue weighted by Crippen LogP contribution is -2.29. The van der Waals surface area contributed by atoms with E-state index in [2.05, 4.69) is 43.6 Å². The molecule has 0 fully saturated rings. The molecule has 0 amide bonds. The Morgan fingerprint density at radius 1 is 1.15 bits per heavy atom. The zero-order valence-corrected chi connectivity index (χ0v) is 13.2. The van der Waals surface area contributed by atoms with Crippen molar-refractivity contribution in [1.29, 1.82) is 0 Å². The minimum absolute atomic E-state index is 0.310. The molecule has 2 atom stereocenters. The first-order valence-corrected chi connectivity index (χ1v) is 8.08. The van der Waals surface area contributed by atoms with Gasteiger partial charge in [0.25, 0.3) is 0 Å². The third-order valence-corrected chi connectivity index (χ3v) is 4.56. The second-order valence-corrected chi connectivity index (χ2v) is 6.44. The van der Waals surface area contributed by atoms with Gasteiger partial charge in [-0.1, -0.05) is 39.0 Å². The highest BCUT2D eigenvalue weighted by molar-refractivity contribution is 7.10. The quantitative estimate of drug-likeness (QED) is 0.793. The van der Waals surface area contributed by atoms with Gasteiger partial charge in [-0.15, -0.1) is 11.3 Å². The van der Waals surface area contributed by atoms with Crippen LogP contribution in [0.2, 0.25) is 0 Å². The van der Waals surface area contributed by atoms with Crippen molar-refractivity contribution in [2.75, 3.05) is 0 Å². The van der Waals surface area contributed by atoms with Gasteiger partial charge in [-0.25, -0.2) is 0 Å². The van der Waals surface area contributed by atoms with E-state index in [1.807, 2.05) is 12.1 Å². The Bertz CT molecular complexity index is 504. The maximum absolute atomic E-state index is 9.41. The van der Waals surface area contributed by atoms with Gasteiger partial charge in [0.15, 0.2) is 0 Å². The van der Waals surface area contributed by atoms with E-state index in [4.69, 9.17) is 0 Å². The van der Waals surface area contributed by atoms with E-state index in [0.717, 1.165) is 6.42 Å². The first-order chi connectivity index (χ1) is 9.61. The SMILES string of the molecule is CCC(NC(c1cccs1)C(C)C)c1ccc(O)cc1. The lowest BCUT2D eigenvalue weighted by atomic mass is 9.98. The molecule has 1 heterocycles. The number of aromatic hydroxyl groups is 1. The van der Waals surface area contributed by atoms with Crippen molar-refractivity contribution in [3.05, 3.63) is 52.2 Å². The summed E-state index contributed by atoms with van der Waals surface area (Å²) in [5, 5.41) is 15.3. The van der Waals surface area contributed by atoms with Crippen LogP contribution in [0.5, 0.6) is 5.75 Å². The maximum atomic E-state index is 9.41. The molecule has 0 radical (unpaired) electrons. The van der Waals surface area contributed by atoms with Gasteiger partial charge in [0.05, 0.1) is 0 Å². The molecule has 0 bridgehead atoms. The van der Waals surface area contributed by atoms with E-state index in [9.17, 15) is 5.11 Å². The number of benzene rings is 1. The summed E-state index contributed by atoms with van der Waals surface area (Å²) in [5.41, 5.74) is 1.23. The Labute approximate surface area is 125 Å². The van der Waals surface area contributed by atoms with Crippen molar-refractivity contribution in [2.45, 2.75) is 39.3 Å². The number of phenols is 1. The van der Waals surface area contributed by atoms with Gasteiger partial charge >= 0.3 is 0 Å². The molecule has 2 nitrogen and oxygen atoms in total. The Balaban J connectivity index is 2.17. The van der Waals surface area contributed by atoms with Crippen LogP contribution in [0.25, 0.3) is 0 Å². The first kappa shape index (κ1) is 15.1. The Morgan fingerprint density at radius 2 is 1.85 bits per heavy atom. The van der Waals surface area contributed by atoms with E-state index in [1.54, 1.807) is 23.5 Å². The molecule has 108 valence electrons. The normalized spacial score (nSPS) is 14.4. The zero-order valence-electron chi connectivity index (χ0n) is 12.3. The fourth-order valence-corrected chi connectivity index (χ4v) is 3.40. The summed E-state index contributed by atoms with van der Waals surface area (Å²) < 4.78 is 0. The molecule has 0 saturated heterocycles. The molecule has 2 N–H and O–H groups in total. The lowest BCUT2D eigenvalue weighted by molar-refractivity contribution is 0.361. The van der Waals surface area contributed by atoms with Crippen molar-refractivity contribution in [1.82, 2.24) is 5.32 Å². The van der Waals surface area contributed by atoms with Crippen LogP contribution in [0.15, 0.2) is 41.8 Å². The minimum Gasteiger partial charge on any atom is -0.508 e. The predicted octanol–water partition coefficient (Wildman–Crippen LogP) is 4.89. The molecule has 20 heavy (non-hydrogen) atoms. The highest BCUT2D eigenvalue weighted by Crippen LogP contribution is 2.30. The zero-order chi connectivity index (χ0) is 14.5. The molecule has 2 unspecified atom stereocenters. The molecule has 1 aromatic carbocycles. The Morgan fingerprint density at radius 3 is 2.35 bits per heavy atom. The summed E-state index contributed by atoms with van der Waals surface area (Å²) in [6, 6.07) is 12.5. The second kappa shape index (κ2) is 6.91. The van der Waals surface area contributed by atoms with Crippen LogP contribution >= 0.6 is 11.3 Å². The van der Waals surface area contributed by atoms with Crippen molar-refractivity contribution < 1.29 is 5.11 Å². The van der Waals surface area contributed by atoms with Gasteiger partial charge in [-0.2, -0.15) is 0 Å². The van der Waals surface area contributed by atoms with Crippen LogP contribution in [-0.2, 0) is 0 Å². The van der Waals surface area contributed by atoms with Crippen LogP contribution in [0.3, 0.4) is 0 Å². The summed E-state index contributed by atoms with van der Waals surface area (Å²) >= 11 is 1.81. The molecular formula is C17H23NOS. The lowest BCUT2D eigenvalue weighted by Gasteiger charge is -2.27. The molecule has 0 aliphatic carbocycles. The molecule has 0 saturated carbocycles. The van der Waals surface area contributed by atoms with Gasteiger partial charge in [-0.3, -0.25) is 0 Å². The molecule has 1 aromatic heterocycles. The van der Waals surface area contributed by atoms with E-state index in [1.165, 1.54) is 10.4 Å². The molecule has 0 aliphatic rings. The van der Waals surface area contributed by atoms with Crippen molar-refractivity contribution in [3.63, 3.8) is 0 Å². The Kier molecular flexibility index (Phi) is 5.21. The number of nitrogens with one attached hydrogen (secondary N) is 1. The van der Waals surface area contributed by atoms with Gasteiger partial charge in [-0.05, 0) is 41.5 Å². The summed E-state index contributed by atoms with van der Waals surface area (Å²) in [6.07, 6.45) is 1.03. The maximum Gasteiger partial charge on any atom is 0.115 e. The van der Waals surface area contributed by atoms with E-state index in [-0.39, 0.29) is 0 Å². The van der Waals surface area contributed by atoms with Gasteiger partial charge in [0, 0.05) is 17.0 Å². The van der Waals surface area contributed by atoms with Gasteiger partial charge in [0.2, 0.25) is 0 Å². The molecule has 3 heteroatoms. The molecule has 0 spiro atoms. The molecular weight excluding hydrogens is 266 g/mol. The van der Waals surface area contributed by atoms with E-state index >= 15 is 0 Å². The third kappa shape index (κ3) is 3.62. The summed E-state index contributed by atoms with van der Waals surface area (Å²) in [4.78, 5) is 1.39. The van der Waals surface area contributed by atoms with Crippen LogP contribution in [0.4, 0.5) is 0 Å². The van der Waals surface area contributed by atoms with Crippen LogP contribution in [0.1, 0.15) is 49.7 Å². The fourth-order valence-electron chi connectivity index (χ4n) is 2.44. The number of hydrogen-bond donors (Lipinski definition) is 2. The van der Waals surface area contributed by atoms with Gasteiger partial charge in [0.1, 0.15) is 5.75 Å². The monoisotopic (exact) mass is 289 g/mol. The number of hydrogen-bond acceptors (Lipinski definition) is 3. The minimum atomic E-state index is 0.310. The largest absolute Gasteiger partial charge is 0.508 e. The third-order valence-electron chi connectivity index (χ3n) is 3.60. The first-order valence-electron chi connectivity index (χ1n) is 7.20. The average Bonchev–Trinajstić information content (AvgIpc) is 2.95. The van der Waals surface area contributed by atoms with Crippen LogP contribution in [-0.4, -0.2) is 5.11 Å². The topological polar surface area (TPSA) is 32.3 Å². The molecule has 2 rings (SSSR count). The summed E-state index contributed by atoms with van der Waals surface area (Å²) in [5.74, 6) is 0.863. The smallest absolute Gasteiger partial charge is 0.115 e. The molecule has 0 aliphatic heterocycles. The number of thiophene rings is 1. The van der Waals surface area contributed by atoms with Crippen LogP contribution in [0, 0.1) is 5.92 Å². The highest BCUT2D eigenvalue weighted by Gasteiger charge is 2.20. The van der Waals surface area contributed by atoms with E-state index in [0.29, 0.717) is 23.8 Å². The fraction of sp³-hybridized carbons (Fsp3) is 0.412. The number of rotatable bonds is 6. The van der Waals surface area contributed by atoms with Gasteiger partial charge < -0.3 is 10.4 Å². The van der Waals surface area contributed by atoms with E-state index < -0.39 is 0 Å². The number of phenolic OH excluding ortho intramolecular Hbond substituents is 1. The molecule has 2 aromatic rings. The average molecular weight is 289 g/mol. The Hall–Kier alpha value is -1.32. The van der Waals surface area contributed by atoms with Crippen LogP contribution < -0.4 is 5.32 Å². The predicted molar refractivity (Wildman–Crippen MR) is 86.2 cm³/mol. The summed E-state index contributed by atoms with van der Waals surface area (Å²) in [7, 11) is 0. The van der Waals surface area contributed by atoms with Crippen molar-refractivity contribution in [2.24, 2.45) is 5.92 Å². The second-order valence-electron chi connectivity index (χ2n) is 5.46. The van der Waals surface area contributed by atoms with Crippen molar-refractivity contribution >= 4 is 11.3 Å². The highest BCUT2D eigenvalue weighted by atomic mass is 32.1. The standard InChI is InChI=1S/C17H23NOS/c1-4-15(13-7-9-14(19)10-8-13)18-17(12(2)3)16-6-5-11-20-16/h5-12,15,17-19H,4H2,1-3H3. The summed E-state index contributed by atoms with van der Waals surface area (Å²) in [6.45, 7) is 6.69.